The molecule has 7 nitrogen and oxygen atoms in total. The Morgan fingerprint density at radius 1 is 1.03 bits per heavy atom. The summed E-state index contributed by atoms with van der Waals surface area (Å²) >= 11 is 6.59. The molecule has 0 bridgehead atoms. The van der Waals surface area contributed by atoms with E-state index < -0.39 is 0 Å². The van der Waals surface area contributed by atoms with Crippen molar-refractivity contribution >= 4 is 34.0 Å². The predicted molar refractivity (Wildman–Crippen MR) is 115 cm³/mol. The molecule has 0 aliphatic carbocycles. The fourth-order valence-electron chi connectivity index (χ4n) is 4.26. The number of aromatic nitrogens is 4. The molecule has 0 spiro atoms. The Morgan fingerprint density at radius 2 is 1.76 bits per heavy atom. The van der Waals surface area contributed by atoms with Crippen LogP contribution in [0.25, 0.3) is 16.7 Å². The van der Waals surface area contributed by atoms with Gasteiger partial charge in [0.25, 0.3) is 0 Å². The Balaban J connectivity index is 1.55. The first kappa shape index (κ1) is 18.6. The second kappa shape index (κ2) is 7.15. The van der Waals surface area contributed by atoms with Crippen molar-refractivity contribution in [2.75, 3.05) is 36.0 Å². The van der Waals surface area contributed by atoms with E-state index in [0.29, 0.717) is 10.9 Å². The number of benzene rings is 1. The van der Waals surface area contributed by atoms with Gasteiger partial charge in [-0.15, -0.1) is 0 Å². The lowest BCUT2D eigenvalue weighted by Gasteiger charge is -2.38. The first-order valence-corrected chi connectivity index (χ1v) is 10.6. The standard InChI is InChI=1S/C21H25ClN6O/c1-13-11-27(12-13)20-9-21(25-14(2)24-20)28-18-8-19(17(22)7-15(18)10-23-28)26-5-3-16(29)4-6-26/h7-10,13,16,29H,3-6,11-12H2,1-2H3. The molecule has 152 valence electrons. The summed E-state index contributed by atoms with van der Waals surface area (Å²) in [5.41, 5.74) is 1.95. The van der Waals surface area contributed by atoms with Crippen molar-refractivity contribution in [3.8, 4) is 5.82 Å². The zero-order valence-electron chi connectivity index (χ0n) is 16.7. The minimum Gasteiger partial charge on any atom is -0.393 e. The molecule has 2 aliphatic heterocycles. The molecule has 0 atom stereocenters. The summed E-state index contributed by atoms with van der Waals surface area (Å²) in [4.78, 5) is 13.8. The van der Waals surface area contributed by atoms with Crippen molar-refractivity contribution in [2.45, 2.75) is 32.8 Å². The Morgan fingerprint density at radius 3 is 2.48 bits per heavy atom. The Bertz CT molecular complexity index is 1050. The van der Waals surface area contributed by atoms with Gasteiger partial charge in [0, 0.05) is 37.6 Å². The van der Waals surface area contributed by atoms with Crippen LogP contribution in [-0.2, 0) is 0 Å². The largest absolute Gasteiger partial charge is 0.393 e. The summed E-state index contributed by atoms with van der Waals surface area (Å²) in [6, 6.07) is 6.06. The van der Waals surface area contributed by atoms with Crippen LogP contribution >= 0.6 is 11.6 Å². The molecule has 0 saturated carbocycles. The molecule has 0 unspecified atom stereocenters. The SMILES string of the molecule is Cc1nc(N2CC(C)C2)cc(-n2ncc3cc(Cl)c(N4CCC(O)CC4)cc32)n1. The molecule has 2 aliphatic rings. The van der Waals surface area contributed by atoms with Crippen molar-refractivity contribution in [1.82, 2.24) is 19.7 Å². The van der Waals surface area contributed by atoms with Gasteiger partial charge in [-0.2, -0.15) is 5.10 Å². The van der Waals surface area contributed by atoms with Crippen molar-refractivity contribution < 1.29 is 5.11 Å². The molecular weight excluding hydrogens is 388 g/mol. The Kier molecular flexibility index (Phi) is 4.59. The molecule has 1 N–H and O–H groups in total. The summed E-state index contributed by atoms with van der Waals surface area (Å²) < 4.78 is 1.87. The van der Waals surface area contributed by atoms with E-state index in [9.17, 15) is 5.11 Å². The van der Waals surface area contributed by atoms with E-state index in [1.54, 1.807) is 0 Å². The number of aliphatic hydroxyl groups is 1. The average molecular weight is 413 g/mol. The molecule has 2 fully saturated rings. The van der Waals surface area contributed by atoms with Gasteiger partial charge in [0.2, 0.25) is 0 Å². The maximum Gasteiger partial charge on any atom is 0.159 e. The minimum absolute atomic E-state index is 0.217. The lowest BCUT2D eigenvalue weighted by Crippen LogP contribution is -2.45. The van der Waals surface area contributed by atoms with E-state index in [4.69, 9.17) is 11.6 Å². The lowest BCUT2D eigenvalue weighted by molar-refractivity contribution is 0.145. The molecule has 2 saturated heterocycles. The van der Waals surface area contributed by atoms with E-state index in [2.05, 4.69) is 37.9 Å². The summed E-state index contributed by atoms with van der Waals surface area (Å²) in [5, 5.41) is 16.1. The maximum absolute atomic E-state index is 9.82. The van der Waals surface area contributed by atoms with Crippen LogP contribution in [0.15, 0.2) is 24.4 Å². The van der Waals surface area contributed by atoms with Crippen LogP contribution in [0.3, 0.4) is 0 Å². The predicted octanol–water partition coefficient (Wildman–Crippen LogP) is 3.19. The number of aryl methyl sites for hydroxylation is 1. The van der Waals surface area contributed by atoms with Crippen LogP contribution in [0, 0.1) is 12.8 Å². The highest BCUT2D eigenvalue weighted by molar-refractivity contribution is 6.34. The fourth-order valence-corrected chi connectivity index (χ4v) is 4.55. The van der Waals surface area contributed by atoms with Crippen molar-refractivity contribution in [1.29, 1.82) is 0 Å². The highest BCUT2D eigenvalue weighted by Gasteiger charge is 2.25. The molecule has 8 heteroatoms. The summed E-state index contributed by atoms with van der Waals surface area (Å²) in [6.07, 6.45) is 3.13. The summed E-state index contributed by atoms with van der Waals surface area (Å²) in [7, 11) is 0. The van der Waals surface area contributed by atoms with Crippen LogP contribution in [0.1, 0.15) is 25.6 Å². The van der Waals surface area contributed by atoms with Gasteiger partial charge in [0.05, 0.1) is 28.5 Å². The van der Waals surface area contributed by atoms with Crippen molar-refractivity contribution in [3.63, 3.8) is 0 Å². The third kappa shape index (κ3) is 3.42. The number of aliphatic hydroxyl groups excluding tert-OH is 1. The first-order valence-electron chi connectivity index (χ1n) is 10.2. The van der Waals surface area contributed by atoms with Gasteiger partial charge in [-0.25, -0.2) is 14.6 Å². The number of halogens is 1. The molecule has 5 rings (SSSR count). The number of hydrogen-bond acceptors (Lipinski definition) is 6. The quantitative estimate of drug-likeness (QED) is 0.712. The highest BCUT2D eigenvalue weighted by Crippen LogP contribution is 2.34. The average Bonchev–Trinajstić information content (AvgIpc) is 3.08. The third-order valence-electron chi connectivity index (χ3n) is 5.86. The number of piperidine rings is 1. The molecule has 0 amide bonds. The van der Waals surface area contributed by atoms with E-state index >= 15 is 0 Å². The van der Waals surface area contributed by atoms with Gasteiger partial charge in [0.1, 0.15) is 11.6 Å². The summed E-state index contributed by atoms with van der Waals surface area (Å²) in [6.45, 7) is 7.81. The van der Waals surface area contributed by atoms with Crippen molar-refractivity contribution in [2.24, 2.45) is 5.92 Å². The lowest BCUT2D eigenvalue weighted by atomic mass is 10.0. The minimum atomic E-state index is -0.217. The molecule has 2 aromatic heterocycles. The van der Waals surface area contributed by atoms with E-state index in [-0.39, 0.29) is 6.10 Å². The fraction of sp³-hybridized carbons (Fsp3) is 0.476. The number of rotatable bonds is 3. The normalized spacial score (nSPS) is 18.5. The topological polar surface area (TPSA) is 70.3 Å². The molecule has 1 aromatic carbocycles. The van der Waals surface area contributed by atoms with Crippen LogP contribution in [-0.4, -0.2) is 57.1 Å². The second-order valence-corrected chi connectivity index (χ2v) is 8.69. The molecule has 4 heterocycles. The Hall–Kier alpha value is -2.38. The smallest absolute Gasteiger partial charge is 0.159 e. The second-order valence-electron chi connectivity index (χ2n) is 8.28. The van der Waals surface area contributed by atoms with Crippen LogP contribution in [0.2, 0.25) is 5.02 Å². The van der Waals surface area contributed by atoms with Gasteiger partial charge in [0.15, 0.2) is 5.82 Å². The maximum atomic E-state index is 9.82. The monoisotopic (exact) mass is 412 g/mol. The number of nitrogens with zero attached hydrogens (tertiary/aromatic N) is 6. The number of hydrogen-bond donors (Lipinski definition) is 1. The van der Waals surface area contributed by atoms with Gasteiger partial charge >= 0.3 is 0 Å². The van der Waals surface area contributed by atoms with Crippen LogP contribution in [0.4, 0.5) is 11.5 Å². The van der Waals surface area contributed by atoms with Crippen LogP contribution in [0.5, 0.6) is 0 Å². The molecule has 0 radical (unpaired) electrons. The first-order chi connectivity index (χ1) is 14.0. The number of fused-ring (bicyclic) bond motifs is 1. The van der Waals surface area contributed by atoms with Gasteiger partial charge < -0.3 is 14.9 Å². The van der Waals surface area contributed by atoms with Gasteiger partial charge in [-0.1, -0.05) is 18.5 Å². The highest BCUT2D eigenvalue weighted by atomic mass is 35.5. The van der Waals surface area contributed by atoms with Crippen molar-refractivity contribution in [3.05, 3.63) is 35.2 Å². The van der Waals surface area contributed by atoms with Crippen LogP contribution < -0.4 is 9.80 Å². The van der Waals surface area contributed by atoms with Gasteiger partial charge in [-0.05, 0) is 37.8 Å². The molecular formula is C21H25ClN6O. The zero-order valence-corrected chi connectivity index (χ0v) is 17.5. The molecule has 3 aromatic rings. The van der Waals surface area contributed by atoms with E-state index in [1.807, 2.05) is 29.9 Å². The molecule has 29 heavy (non-hydrogen) atoms. The van der Waals surface area contributed by atoms with E-state index in [1.165, 1.54) is 0 Å². The Labute approximate surface area is 174 Å². The van der Waals surface area contributed by atoms with Gasteiger partial charge in [-0.3, -0.25) is 0 Å². The summed E-state index contributed by atoms with van der Waals surface area (Å²) in [5.74, 6) is 3.16. The van der Waals surface area contributed by atoms with E-state index in [0.717, 1.165) is 73.1 Å². The zero-order chi connectivity index (χ0) is 20.1. The third-order valence-corrected chi connectivity index (χ3v) is 6.16. The number of anilines is 2.